The monoisotopic (exact) mass is 627 g/mol. The van der Waals surface area contributed by atoms with E-state index in [0.717, 1.165) is 4.57 Å². The van der Waals surface area contributed by atoms with Gasteiger partial charge in [-0.25, -0.2) is 32.4 Å². The maximum atomic E-state index is 15.2. The number of ether oxygens (including phenoxy) is 6. The van der Waals surface area contributed by atoms with E-state index in [9.17, 15) is 24.1 Å². The van der Waals surface area contributed by atoms with Gasteiger partial charge in [-0.2, -0.15) is 4.98 Å². The third-order valence-corrected chi connectivity index (χ3v) is 7.13. The Balaban J connectivity index is 1.62. The Kier molecular flexibility index (Phi) is 11.7. The molecule has 19 heteroatoms. The fourth-order valence-corrected chi connectivity index (χ4v) is 4.70. The molecule has 2 fully saturated rings. The summed E-state index contributed by atoms with van der Waals surface area (Å²) in [4.78, 5) is 39.0. The summed E-state index contributed by atoms with van der Waals surface area (Å²) in [5, 5.41) is 10.8. The van der Waals surface area contributed by atoms with E-state index in [1.54, 1.807) is 27.7 Å². The number of alkyl halides is 1. The number of nitrogen functional groups attached to an aromatic ring is 1. The van der Waals surface area contributed by atoms with Gasteiger partial charge in [0.2, 0.25) is 13.6 Å². The quantitative estimate of drug-likeness (QED) is 0.123. The summed E-state index contributed by atoms with van der Waals surface area (Å²) in [6.45, 7) is 3.12. The molecule has 1 aromatic rings. The first-order chi connectivity index (χ1) is 19.8. The molecule has 1 saturated heterocycles. The highest BCUT2D eigenvalue weighted by Gasteiger charge is 2.62. The van der Waals surface area contributed by atoms with Crippen LogP contribution in [0.25, 0.3) is 0 Å². The van der Waals surface area contributed by atoms with Gasteiger partial charge in [0.25, 0.3) is 0 Å². The number of phosphoric acid groups is 1. The van der Waals surface area contributed by atoms with E-state index in [1.807, 2.05) is 0 Å². The molecule has 0 aromatic carbocycles. The number of hydrogen-bond acceptors (Lipinski definition) is 16. The van der Waals surface area contributed by atoms with Gasteiger partial charge in [-0.1, -0.05) is 0 Å². The van der Waals surface area contributed by atoms with Crippen LogP contribution in [0, 0.1) is 5.92 Å². The number of halogens is 1. The lowest BCUT2D eigenvalue weighted by molar-refractivity contribution is -0.168. The van der Waals surface area contributed by atoms with Crippen LogP contribution in [0.3, 0.4) is 0 Å². The number of carbonyl (C=O) groups excluding carboxylic acids is 2. The van der Waals surface area contributed by atoms with E-state index in [1.165, 1.54) is 12.3 Å². The second-order valence-electron chi connectivity index (χ2n) is 9.83. The summed E-state index contributed by atoms with van der Waals surface area (Å²) < 4.78 is 74.2. The zero-order valence-corrected chi connectivity index (χ0v) is 24.3. The lowest BCUT2D eigenvalue weighted by atomic mass is 9.91. The molecule has 42 heavy (non-hydrogen) atoms. The van der Waals surface area contributed by atoms with Gasteiger partial charge in [0.1, 0.15) is 17.5 Å². The largest absolute Gasteiger partial charge is 0.510 e. The van der Waals surface area contributed by atoms with Gasteiger partial charge in [0.15, 0.2) is 19.2 Å². The number of rotatable bonds is 15. The molecule has 2 heterocycles. The highest BCUT2D eigenvalue weighted by molar-refractivity contribution is 7.48. The van der Waals surface area contributed by atoms with Crippen molar-refractivity contribution in [1.29, 1.82) is 0 Å². The minimum atomic E-state index is -4.62. The van der Waals surface area contributed by atoms with Gasteiger partial charge >= 0.3 is 25.8 Å². The smallest absolute Gasteiger partial charge is 0.432 e. The van der Waals surface area contributed by atoms with Crippen LogP contribution in [0.5, 0.6) is 0 Å². The fraction of sp³-hybridized carbons (Fsp3) is 0.739. The highest BCUT2D eigenvalue weighted by atomic mass is 31.2. The van der Waals surface area contributed by atoms with Crippen LogP contribution in [0.1, 0.15) is 46.8 Å². The lowest BCUT2D eigenvalue weighted by Gasteiger charge is -2.31. The van der Waals surface area contributed by atoms with Gasteiger partial charge < -0.3 is 39.3 Å². The van der Waals surface area contributed by atoms with Crippen molar-refractivity contribution < 1.29 is 65.6 Å². The van der Waals surface area contributed by atoms with E-state index < -0.39 is 89.1 Å². The predicted octanol–water partition coefficient (Wildman–Crippen LogP) is 2.37. The number of aromatic nitrogens is 2. The van der Waals surface area contributed by atoms with Crippen molar-refractivity contribution in [3.63, 3.8) is 0 Å². The van der Waals surface area contributed by atoms with Crippen LogP contribution < -0.4 is 11.4 Å². The SMILES string of the molecule is CC(C)OC(=O)OCOP(=O)(OCOC[C@@]1(C2CC2)O[C@@H](n2ccc(N)nc2=O)[C@H](F)[C@@H]1O)OCOC(=O)OC(C)C. The number of carbonyl (C=O) groups is 2. The first-order valence-corrected chi connectivity index (χ1v) is 14.3. The van der Waals surface area contributed by atoms with Crippen LogP contribution in [-0.2, 0) is 46.6 Å². The molecule has 4 atom stereocenters. The van der Waals surface area contributed by atoms with Crippen LogP contribution in [0.4, 0.5) is 19.8 Å². The molecule has 0 radical (unpaired) electrons. The van der Waals surface area contributed by atoms with Gasteiger partial charge in [-0.05, 0) is 52.5 Å². The summed E-state index contributed by atoms with van der Waals surface area (Å²) in [5.74, 6) is -0.398. The third-order valence-electron chi connectivity index (χ3n) is 5.87. The molecule has 1 aromatic heterocycles. The Hall–Kier alpha value is -2.86. The van der Waals surface area contributed by atoms with Gasteiger partial charge in [-0.3, -0.25) is 9.09 Å². The van der Waals surface area contributed by atoms with E-state index in [4.69, 9.17) is 38.3 Å². The summed E-state index contributed by atoms with van der Waals surface area (Å²) in [6, 6.07) is 1.28. The minimum Gasteiger partial charge on any atom is -0.432 e. The van der Waals surface area contributed by atoms with Crippen LogP contribution in [0.15, 0.2) is 17.1 Å². The number of aliphatic hydroxyl groups excluding tert-OH is 1. The van der Waals surface area contributed by atoms with Crippen molar-refractivity contribution in [1.82, 2.24) is 9.55 Å². The molecule has 3 N–H and O–H groups in total. The second-order valence-corrected chi connectivity index (χ2v) is 11.5. The Labute approximate surface area is 239 Å². The standard InChI is InChI=1S/C23H35FN3O14P/c1-13(2)39-21(30)34-11-37-42(32,38-12-35-22(31)40-14(3)4)36-10-33-9-23(15-5-6-15)18(28)17(24)19(41-23)27-8-7-16(25)26-20(27)29/h7-8,13-15,17-19,28H,5-6,9-12H2,1-4H3,(H2,25,26,29)/t17-,18+,19-,23+/m1/s1. The molecule has 3 rings (SSSR count). The van der Waals surface area contributed by atoms with Gasteiger partial charge in [0, 0.05) is 6.20 Å². The molecule has 1 aliphatic heterocycles. The first-order valence-electron chi connectivity index (χ1n) is 12.9. The molecule has 17 nitrogen and oxygen atoms in total. The van der Waals surface area contributed by atoms with Crippen molar-refractivity contribution in [2.75, 3.05) is 32.7 Å². The van der Waals surface area contributed by atoms with Gasteiger partial charge in [-0.15, -0.1) is 0 Å². The molecule has 0 spiro atoms. The van der Waals surface area contributed by atoms with E-state index in [0.29, 0.717) is 12.8 Å². The van der Waals surface area contributed by atoms with Crippen molar-refractivity contribution in [2.45, 2.75) is 76.8 Å². The zero-order valence-electron chi connectivity index (χ0n) is 23.4. The molecular weight excluding hydrogens is 592 g/mol. The first kappa shape index (κ1) is 33.6. The fourth-order valence-electron chi connectivity index (χ4n) is 3.91. The molecular formula is C23H35FN3O14P. The van der Waals surface area contributed by atoms with E-state index >= 15 is 4.39 Å². The highest BCUT2D eigenvalue weighted by Crippen LogP contribution is 2.53. The number of nitrogens with two attached hydrogens (primary N) is 1. The summed E-state index contributed by atoms with van der Waals surface area (Å²) in [7, 11) is -4.62. The number of aliphatic hydroxyl groups is 1. The van der Waals surface area contributed by atoms with Crippen molar-refractivity contribution in [3.05, 3.63) is 22.7 Å². The summed E-state index contributed by atoms with van der Waals surface area (Å²) >= 11 is 0. The molecule has 238 valence electrons. The number of hydrogen-bond donors (Lipinski definition) is 2. The molecule has 1 saturated carbocycles. The number of nitrogens with zero attached hydrogens (tertiary/aromatic N) is 2. The van der Waals surface area contributed by atoms with E-state index in [2.05, 4.69) is 14.5 Å². The van der Waals surface area contributed by atoms with Crippen molar-refractivity contribution in [3.8, 4) is 0 Å². The number of phosphoric ester groups is 1. The van der Waals surface area contributed by atoms with Crippen molar-refractivity contribution >= 4 is 26.0 Å². The van der Waals surface area contributed by atoms with Crippen LogP contribution >= 0.6 is 7.82 Å². The summed E-state index contributed by atoms with van der Waals surface area (Å²) in [6.07, 6.45) is -6.17. The van der Waals surface area contributed by atoms with Crippen LogP contribution in [0.2, 0.25) is 0 Å². The maximum absolute atomic E-state index is 15.2. The average Bonchev–Trinajstić information content (AvgIpc) is 3.70. The third kappa shape index (κ3) is 9.07. The van der Waals surface area contributed by atoms with Crippen LogP contribution in [-0.4, -0.2) is 84.0 Å². The average molecular weight is 628 g/mol. The van der Waals surface area contributed by atoms with Gasteiger partial charge in [0.05, 0.1) is 18.8 Å². The van der Waals surface area contributed by atoms with E-state index in [-0.39, 0.29) is 11.7 Å². The number of anilines is 1. The molecule has 0 bridgehead atoms. The Bertz CT molecular complexity index is 1150. The molecule has 0 amide bonds. The van der Waals surface area contributed by atoms with Crippen molar-refractivity contribution in [2.24, 2.45) is 5.92 Å². The zero-order chi connectivity index (χ0) is 31.1. The topological polar surface area (TPSA) is 215 Å². The molecule has 2 aliphatic rings. The maximum Gasteiger partial charge on any atom is 0.510 e. The summed E-state index contributed by atoms with van der Waals surface area (Å²) in [5.41, 5.74) is 3.03. The predicted molar refractivity (Wildman–Crippen MR) is 136 cm³/mol. The second kappa shape index (κ2) is 14.5. The lowest BCUT2D eigenvalue weighted by Crippen LogP contribution is -2.48. The Morgan fingerprint density at radius 3 is 2.17 bits per heavy atom. The molecule has 1 aliphatic carbocycles. The normalized spacial score (nSPS) is 24.1. The Morgan fingerprint density at radius 1 is 1.12 bits per heavy atom. The minimum absolute atomic E-state index is 0.0718. The Morgan fingerprint density at radius 2 is 1.67 bits per heavy atom. The molecule has 0 unspecified atom stereocenters.